The largest absolute Gasteiger partial charge is 0.497 e. The molecule has 1 aromatic carbocycles. The van der Waals surface area contributed by atoms with Gasteiger partial charge >= 0.3 is 0 Å². The predicted molar refractivity (Wildman–Crippen MR) is 113 cm³/mol. The Morgan fingerprint density at radius 2 is 2.00 bits per heavy atom. The monoisotopic (exact) mass is 405 g/mol. The van der Waals surface area contributed by atoms with Gasteiger partial charge < -0.3 is 9.64 Å². The molecule has 0 spiro atoms. The van der Waals surface area contributed by atoms with Crippen molar-refractivity contribution < 1.29 is 4.74 Å². The maximum Gasteiger partial charge on any atom is 0.261 e. The summed E-state index contributed by atoms with van der Waals surface area (Å²) in [6.07, 6.45) is 7.28. The summed E-state index contributed by atoms with van der Waals surface area (Å²) in [6.45, 7) is 4.34. The molecule has 0 N–H and O–H groups in total. The van der Waals surface area contributed by atoms with E-state index in [1.165, 1.54) is 0 Å². The van der Waals surface area contributed by atoms with Crippen LogP contribution in [0, 0.1) is 12.8 Å². The van der Waals surface area contributed by atoms with Gasteiger partial charge in [0.2, 0.25) is 5.65 Å². The third-order valence-electron chi connectivity index (χ3n) is 5.88. The van der Waals surface area contributed by atoms with Crippen molar-refractivity contribution in [1.82, 2.24) is 29.1 Å². The fraction of sp³-hybridized carbons (Fsp3) is 0.381. The van der Waals surface area contributed by atoms with Crippen molar-refractivity contribution in [3.05, 3.63) is 53.1 Å². The van der Waals surface area contributed by atoms with Crippen LogP contribution >= 0.6 is 0 Å². The molecule has 1 fully saturated rings. The quantitative estimate of drug-likeness (QED) is 0.513. The van der Waals surface area contributed by atoms with Crippen molar-refractivity contribution in [3.8, 4) is 5.75 Å². The van der Waals surface area contributed by atoms with Crippen LogP contribution in [0.5, 0.6) is 5.75 Å². The summed E-state index contributed by atoms with van der Waals surface area (Å²) in [6, 6.07) is 5.38. The molecule has 1 aliphatic rings. The van der Waals surface area contributed by atoms with Gasteiger partial charge in [0.15, 0.2) is 5.82 Å². The number of hydrogen-bond donors (Lipinski definition) is 0. The number of piperidine rings is 1. The van der Waals surface area contributed by atoms with Gasteiger partial charge in [-0.3, -0.25) is 13.8 Å². The van der Waals surface area contributed by atoms with Crippen molar-refractivity contribution in [3.63, 3.8) is 0 Å². The van der Waals surface area contributed by atoms with Crippen LogP contribution in [0.3, 0.4) is 0 Å². The highest BCUT2D eigenvalue weighted by Gasteiger charge is 2.23. The van der Waals surface area contributed by atoms with E-state index in [1.807, 2.05) is 17.5 Å². The maximum absolute atomic E-state index is 12.9. The van der Waals surface area contributed by atoms with Gasteiger partial charge in [-0.25, -0.2) is 9.97 Å². The van der Waals surface area contributed by atoms with Gasteiger partial charge in [0.25, 0.3) is 5.56 Å². The Labute approximate surface area is 173 Å². The molecule has 30 heavy (non-hydrogen) atoms. The molecule has 0 bridgehead atoms. The van der Waals surface area contributed by atoms with Crippen LogP contribution in [0.2, 0.25) is 0 Å². The van der Waals surface area contributed by atoms with Gasteiger partial charge in [-0.15, -0.1) is 10.2 Å². The number of nitrogens with zero attached hydrogens (tertiary/aromatic N) is 7. The van der Waals surface area contributed by atoms with E-state index in [1.54, 1.807) is 42.4 Å². The normalized spacial score (nSPS) is 15.2. The van der Waals surface area contributed by atoms with E-state index < -0.39 is 0 Å². The first kappa shape index (κ1) is 18.5. The molecule has 1 saturated heterocycles. The lowest BCUT2D eigenvalue weighted by atomic mass is 9.96. The maximum atomic E-state index is 12.9. The van der Waals surface area contributed by atoms with Gasteiger partial charge in [-0.2, -0.15) is 0 Å². The number of hydrogen-bond acceptors (Lipinski definition) is 7. The average molecular weight is 405 g/mol. The molecule has 0 aliphatic carbocycles. The fourth-order valence-electron chi connectivity index (χ4n) is 4.15. The smallest absolute Gasteiger partial charge is 0.261 e. The summed E-state index contributed by atoms with van der Waals surface area (Å²) >= 11 is 0. The second kappa shape index (κ2) is 7.40. The lowest BCUT2D eigenvalue weighted by Gasteiger charge is -2.32. The van der Waals surface area contributed by atoms with Crippen molar-refractivity contribution in [2.24, 2.45) is 5.92 Å². The second-order valence-corrected chi connectivity index (χ2v) is 7.71. The van der Waals surface area contributed by atoms with Gasteiger partial charge in [0.1, 0.15) is 11.6 Å². The van der Waals surface area contributed by atoms with E-state index in [0.29, 0.717) is 29.1 Å². The summed E-state index contributed by atoms with van der Waals surface area (Å²) in [4.78, 5) is 24.1. The summed E-state index contributed by atoms with van der Waals surface area (Å²) in [7, 11) is 1.61. The van der Waals surface area contributed by atoms with E-state index in [2.05, 4.69) is 25.1 Å². The summed E-state index contributed by atoms with van der Waals surface area (Å²) in [5.74, 6) is 2.83. The third-order valence-corrected chi connectivity index (χ3v) is 5.88. The molecule has 3 aromatic heterocycles. The minimum Gasteiger partial charge on any atom is -0.497 e. The zero-order valence-corrected chi connectivity index (χ0v) is 17.0. The number of anilines is 1. The molecule has 4 aromatic rings. The molecular formula is C21H23N7O2. The molecular weight excluding hydrogens is 382 g/mol. The summed E-state index contributed by atoms with van der Waals surface area (Å²) in [5.41, 5.74) is 1.45. The third kappa shape index (κ3) is 3.16. The lowest BCUT2D eigenvalue weighted by Crippen LogP contribution is -2.37. The van der Waals surface area contributed by atoms with E-state index in [-0.39, 0.29) is 5.56 Å². The van der Waals surface area contributed by atoms with E-state index >= 15 is 0 Å². The first-order valence-electron chi connectivity index (χ1n) is 10.1. The Morgan fingerprint density at radius 1 is 1.17 bits per heavy atom. The van der Waals surface area contributed by atoms with Gasteiger partial charge in [0, 0.05) is 38.1 Å². The minimum absolute atomic E-state index is 0.00421. The predicted octanol–water partition coefficient (Wildman–Crippen LogP) is 2.07. The van der Waals surface area contributed by atoms with Crippen molar-refractivity contribution in [1.29, 1.82) is 0 Å². The van der Waals surface area contributed by atoms with Crippen molar-refractivity contribution in [2.45, 2.75) is 26.3 Å². The number of fused-ring (bicyclic) bond motifs is 2. The highest BCUT2D eigenvalue weighted by atomic mass is 16.5. The van der Waals surface area contributed by atoms with Crippen molar-refractivity contribution >= 4 is 22.4 Å². The van der Waals surface area contributed by atoms with E-state index in [0.717, 1.165) is 43.2 Å². The zero-order valence-electron chi connectivity index (χ0n) is 17.0. The minimum atomic E-state index is -0.00421. The highest BCUT2D eigenvalue weighted by Crippen LogP contribution is 2.25. The first-order chi connectivity index (χ1) is 14.6. The Bertz CT molecular complexity index is 1270. The van der Waals surface area contributed by atoms with Crippen molar-refractivity contribution in [2.75, 3.05) is 25.1 Å². The van der Waals surface area contributed by atoms with Gasteiger partial charge in [-0.1, -0.05) is 0 Å². The molecule has 0 amide bonds. The highest BCUT2D eigenvalue weighted by molar-refractivity contribution is 5.78. The molecule has 1 aliphatic heterocycles. The molecule has 0 radical (unpaired) electrons. The SMILES string of the molecule is COc1ccc2c(=O)n(CC3CCN(c4nccn5c(C)nnc45)CC3)cnc2c1. The Balaban J connectivity index is 1.31. The molecule has 4 heterocycles. The topological polar surface area (TPSA) is 90.4 Å². The molecule has 0 saturated carbocycles. The summed E-state index contributed by atoms with van der Waals surface area (Å²) in [5, 5.41) is 9.06. The van der Waals surface area contributed by atoms with Crippen LogP contribution in [-0.4, -0.2) is 49.3 Å². The van der Waals surface area contributed by atoms with Gasteiger partial charge in [0.05, 0.1) is 24.3 Å². The number of benzene rings is 1. The molecule has 0 unspecified atom stereocenters. The Hall–Kier alpha value is -3.49. The van der Waals surface area contributed by atoms with Crippen LogP contribution in [0.25, 0.3) is 16.6 Å². The second-order valence-electron chi connectivity index (χ2n) is 7.71. The standard InChI is InChI=1S/C21H23N7O2/c1-14-24-25-20-19(22-7-10-28(14)20)26-8-5-15(6-9-26)12-27-13-23-18-11-16(30-2)3-4-17(18)21(27)29/h3-4,7,10-11,13,15H,5-6,8-9,12H2,1-2H3. The average Bonchev–Trinajstić information content (AvgIpc) is 3.17. The number of rotatable bonds is 4. The molecule has 154 valence electrons. The number of aryl methyl sites for hydroxylation is 1. The summed E-state index contributed by atoms with van der Waals surface area (Å²) < 4.78 is 8.91. The number of methoxy groups -OCH3 is 1. The van der Waals surface area contributed by atoms with Crippen LogP contribution in [0.15, 0.2) is 41.7 Å². The van der Waals surface area contributed by atoms with E-state index in [9.17, 15) is 4.79 Å². The molecule has 0 atom stereocenters. The number of aromatic nitrogens is 6. The van der Waals surface area contributed by atoms with Crippen LogP contribution in [0.4, 0.5) is 5.82 Å². The fourth-order valence-corrected chi connectivity index (χ4v) is 4.15. The van der Waals surface area contributed by atoms with E-state index in [4.69, 9.17) is 4.74 Å². The van der Waals surface area contributed by atoms with Crippen LogP contribution in [0.1, 0.15) is 18.7 Å². The first-order valence-corrected chi connectivity index (χ1v) is 10.1. The Kier molecular flexibility index (Phi) is 4.57. The number of ether oxygens (including phenoxy) is 1. The Morgan fingerprint density at radius 3 is 2.80 bits per heavy atom. The molecule has 9 heteroatoms. The van der Waals surface area contributed by atoms with Gasteiger partial charge in [-0.05, 0) is 37.8 Å². The van der Waals surface area contributed by atoms with Crippen LogP contribution in [-0.2, 0) is 6.54 Å². The lowest BCUT2D eigenvalue weighted by molar-refractivity contribution is 0.351. The molecule has 5 rings (SSSR count). The van der Waals surface area contributed by atoms with Crippen LogP contribution < -0.4 is 15.2 Å². The zero-order chi connectivity index (χ0) is 20.7. The molecule has 9 nitrogen and oxygen atoms in total.